The van der Waals surface area contributed by atoms with Crippen LogP contribution in [0.25, 0.3) is 0 Å². The fourth-order valence-corrected chi connectivity index (χ4v) is 4.28. The summed E-state index contributed by atoms with van der Waals surface area (Å²) in [6.45, 7) is 5.17. The van der Waals surface area contributed by atoms with Crippen LogP contribution in [0.1, 0.15) is 63.6 Å². The van der Waals surface area contributed by atoms with Gasteiger partial charge in [-0.05, 0) is 50.8 Å². The SMILES string of the molecule is CCN(Cc1ccn(C2CCCC2)n1)C1CCCC1CN. The van der Waals surface area contributed by atoms with Gasteiger partial charge in [-0.2, -0.15) is 5.10 Å². The lowest BCUT2D eigenvalue weighted by Crippen LogP contribution is -2.39. The minimum atomic E-state index is 0.650. The molecule has 0 bridgehead atoms. The van der Waals surface area contributed by atoms with Gasteiger partial charge in [-0.1, -0.05) is 26.2 Å². The predicted octanol–water partition coefficient (Wildman–Crippen LogP) is 2.95. The average molecular weight is 290 g/mol. The molecule has 1 heterocycles. The number of hydrogen-bond donors (Lipinski definition) is 1. The van der Waals surface area contributed by atoms with Gasteiger partial charge in [0.05, 0.1) is 11.7 Å². The van der Waals surface area contributed by atoms with Crippen LogP contribution in [0.5, 0.6) is 0 Å². The molecule has 118 valence electrons. The van der Waals surface area contributed by atoms with Gasteiger partial charge in [0.2, 0.25) is 0 Å². The van der Waals surface area contributed by atoms with E-state index in [1.165, 1.54) is 50.6 Å². The Hall–Kier alpha value is -0.870. The smallest absolute Gasteiger partial charge is 0.0765 e. The van der Waals surface area contributed by atoms with Crippen molar-refractivity contribution in [3.05, 3.63) is 18.0 Å². The van der Waals surface area contributed by atoms with E-state index in [0.717, 1.165) is 19.6 Å². The Kier molecular flexibility index (Phi) is 4.96. The number of aromatic nitrogens is 2. The number of nitrogens with zero attached hydrogens (tertiary/aromatic N) is 3. The molecule has 2 N–H and O–H groups in total. The maximum Gasteiger partial charge on any atom is 0.0765 e. The monoisotopic (exact) mass is 290 g/mol. The summed E-state index contributed by atoms with van der Waals surface area (Å²) >= 11 is 0. The summed E-state index contributed by atoms with van der Waals surface area (Å²) in [5.41, 5.74) is 7.18. The third-order valence-electron chi connectivity index (χ3n) is 5.52. The highest BCUT2D eigenvalue weighted by Gasteiger charge is 2.30. The van der Waals surface area contributed by atoms with Crippen molar-refractivity contribution in [3.63, 3.8) is 0 Å². The zero-order valence-corrected chi connectivity index (χ0v) is 13.4. The molecular formula is C17H30N4. The first-order chi connectivity index (χ1) is 10.3. The molecule has 1 aromatic rings. The van der Waals surface area contributed by atoms with E-state index in [2.05, 4.69) is 28.8 Å². The van der Waals surface area contributed by atoms with Crippen molar-refractivity contribution in [2.45, 2.75) is 70.5 Å². The number of rotatable bonds is 6. The molecule has 21 heavy (non-hydrogen) atoms. The Morgan fingerprint density at radius 3 is 2.76 bits per heavy atom. The Morgan fingerprint density at radius 2 is 2.05 bits per heavy atom. The van der Waals surface area contributed by atoms with Crippen molar-refractivity contribution in [2.24, 2.45) is 11.7 Å². The first-order valence-electron chi connectivity index (χ1n) is 8.80. The van der Waals surface area contributed by atoms with Crippen molar-refractivity contribution >= 4 is 0 Å². The van der Waals surface area contributed by atoms with Gasteiger partial charge >= 0.3 is 0 Å². The average Bonchev–Trinajstić information content (AvgIpc) is 3.23. The maximum atomic E-state index is 5.95. The van der Waals surface area contributed by atoms with E-state index in [4.69, 9.17) is 10.8 Å². The molecule has 2 aliphatic carbocycles. The second kappa shape index (κ2) is 6.93. The van der Waals surface area contributed by atoms with Gasteiger partial charge in [-0.15, -0.1) is 0 Å². The maximum absolute atomic E-state index is 5.95. The summed E-state index contributed by atoms with van der Waals surface area (Å²) in [6.07, 6.45) is 11.5. The van der Waals surface area contributed by atoms with Crippen LogP contribution in [0.2, 0.25) is 0 Å². The number of nitrogens with two attached hydrogens (primary N) is 1. The van der Waals surface area contributed by atoms with E-state index in [1.807, 2.05) is 0 Å². The van der Waals surface area contributed by atoms with Crippen LogP contribution in [0.15, 0.2) is 12.3 Å². The lowest BCUT2D eigenvalue weighted by atomic mass is 10.0. The molecular weight excluding hydrogens is 260 g/mol. The highest BCUT2D eigenvalue weighted by Crippen LogP contribution is 2.31. The highest BCUT2D eigenvalue weighted by atomic mass is 15.3. The van der Waals surface area contributed by atoms with Gasteiger partial charge in [0, 0.05) is 18.8 Å². The summed E-state index contributed by atoms with van der Waals surface area (Å²) in [6, 6.07) is 3.53. The zero-order valence-electron chi connectivity index (χ0n) is 13.4. The lowest BCUT2D eigenvalue weighted by molar-refractivity contribution is 0.160. The third-order valence-corrected chi connectivity index (χ3v) is 5.52. The molecule has 2 fully saturated rings. The van der Waals surface area contributed by atoms with Gasteiger partial charge in [-0.25, -0.2) is 0 Å². The van der Waals surface area contributed by atoms with Crippen LogP contribution >= 0.6 is 0 Å². The molecule has 4 nitrogen and oxygen atoms in total. The normalized spacial score (nSPS) is 27.0. The van der Waals surface area contributed by atoms with E-state index in [1.54, 1.807) is 0 Å². The third kappa shape index (κ3) is 3.32. The molecule has 0 aliphatic heterocycles. The van der Waals surface area contributed by atoms with Gasteiger partial charge in [0.1, 0.15) is 0 Å². The quantitative estimate of drug-likeness (QED) is 0.876. The molecule has 0 saturated heterocycles. The Bertz CT molecular complexity index is 436. The van der Waals surface area contributed by atoms with Crippen LogP contribution in [0, 0.1) is 5.92 Å². The fourth-order valence-electron chi connectivity index (χ4n) is 4.28. The molecule has 0 amide bonds. The molecule has 3 rings (SSSR count). The van der Waals surface area contributed by atoms with Crippen LogP contribution in [0.4, 0.5) is 0 Å². The Balaban J connectivity index is 1.63. The molecule has 2 saturated carbocycles. The van der Waals surface area contributed by atoms with E-state index in [-0.39, 0.29) is 0 Å². The molecule has 4 heteroatoms. The standard InChI is InChI=1S/C17H30N4/c1-2-20(17-9-5-6-14(17)12-18)13-15-10-11-21(19-15)16-7-3-4-8-16/h10-11,14,16-17H,2-9,12-13,18H2,1H3. The minimum Gasteiger partial charge on any atom is -0.330 e. The number of hydrogen-bond acceptors (Lipinski definition) is 3. The molecule has 0 aromatic carbocycles. The summed E-state index contributed by atoms with van der Waals surface area (Å²) < 4.78 is 2.21. The lowest BCUT2D eigenvalue weighted by Gasteiger charge is -2.31. The predicted molar refractivity (Wildman–Crippen MR) is 86.0 cm³/mol. The van der Waals surface area contributed by atoms with Gasteiger partial charge < -0.3 is 5.73 Å². The topological polar surface area (TPSA) is 47.1 Å². The molecule has 2 unspecified atom stereocenters. The van der Waals surface area contributed by atoms with Crippen molar-refractivity contribution in [1.29, 1.82) is 0 Å². The van der Waals surface area contributed by atoms with Crippen LogP contribution in [-0.4, -0.2) is 33.8 Å². The highest BCUT2D eigenvalue weighted by molar-refractivity contribution is 5.01. The van der Waals surface area contributed by atoms with Crippen molar-refractivity contribution in [1.82, 2.24) is 14.7 Å². The summed E-state index contributed by atoms with van der Waals surface area (Å²) in [5, 5.41) is 4.85. The molecule has 2 aliphatic rings. The first kappa shape index (κ1) is 15.0. The largest absolute Gasteiger partial charge is 0.330 e. The molecule has 1 aromatic heterocycles. The molecule has 0 spiro atoms. The van der Waals surface area contributed by atoms with E-state index in [0.29, 0.717) is 18.0 Å². The van der Waals surface area contributed by atoms with Crippen LogP contribution in [-0.2, 0) is 6.54 Å². The van der Waals surface area contributed by atoms with E-state index >= 15 is 0 Å². The van der Waals surface area contributed by atoms with E-state index < -0.39 is 0 Å². The van der Waals surface area contributed by atoms with Gasteiger partial charge in [-0.3, -0.25) is 9.58 Å². The van der Waals surface area contributed by atoms with Crippen molar-refractivity contribution < 1.29 is 0 Å². The minimum absolute atomic E-state index is 0.650. The zero-order chi connectivity index (χ0) is 14.7. The van der Waals surface area contributed by atoms with Gasteiger partial charge in [0.15, 0.2) is 0 Å². The molecule has 2 atom stereocenters. The second-order valence-corrected chi connectivity index (χ2v) is 6.78. The van der Waals surface area contributed by atoms with E-state index in [9.17, 15) is 0 Å². The second-order valence-electron chi connectivity index (χ2n) is 6.78. The fraction of sp³-hybridized carbons (Fsp3) is 0.824. The Labute approximate surface area is 128 Å². The Morgan fingerprint density at radius 1 is 1.24 bits per heavy atom. The summed E-state index contributed by atoms with van der Waals surface area (Å²) in [7, 11) is 0. The summed E-state index contributed by atoms with van der Waals surface area (Å²) in [5.74, 6) is 0.682. The van der Waals surface area contributed by atoms with Crippen molar-refractivity contribution in [2.75, 3.05) is 13.1 Å². The summed E-state index contributed by atoms with van der Waals surface area (Å²) in [4.78, 5) is 2.59. The molecule has 0 radical (unpaired) electrons. The first-order valence-corrected chi connectivity index (χ1v) is 8.80. The van der Waals surface area contributed by atoms with Crippen molar-refractivity contribution in [3.8, 4) is 0 Å². The van der Waals surface area contributed by atoms with Gasteiger partial charge in [0.25, 0.3) is 0 Å². The van der Waals surface area contributed by atoms with Crippen LogP contribution in [0.3, 0.4) is 0 Å². The van der Waals surface area contributed by atoms with Crippen LogP contribution < -0.4 is 5.73 Å².